The van der Waals surface area contributed by atoms with Gasteiger partial charge in [-0.05, 0) is 65.2 Å². The lowest BCUT2D eigenvalue weighted by Crippen LogP contribution is -2.24. The number of nitrogens with zero attached hydrogens (tertiary/aromatic N) is 1. The molecule has 0 bridgehead atoms. The molecule has 3 aromatic rings. The number of hydrogen-bond donors (Lipinski definition) is 1. The third-order valence-electron chi connectivity index (χ3n) is 4.75. The summed E-state index contributed by atoms with van der Waals surface area (Å²) in [6.45, 7) is 0.407. The smallest absolute Gasteiger partial charge is 0.277 e. The van der Waals surface area contributed by atoms with Crippen molar-refractivity contribution >= 4 is 51.6 Å². The minimum atomic E-state index is -0.313. The minimum Gasteiger partial charge on any atom is -0.489 e. The molecule has 1 heterocycles. The average Bonchev–Trinajstić information content (AvgIpc) is 3.39. The largest absolute Gasteiger partial charge is 0.489 e. The monoisotopic (exact) mass is 542 g/mol. The van der Waals surface area contributed by atoms with Crippen molar-refractivity contribution in [1.29, 1.82) is 0 Å². The molecule has 0 saturated carbocycles. The van der Waals surface area contributed by atoms with Gasteiger partial charge in [0, 0.05) is 16.0 Å². The predicted octanol–water partition coefficient (Wildman–Crippen LogP) is 6.04. The summed E-state index contributed by atoms with van der Waals surface area (Å²) in [4.78, 5) is 12.0. The van der Waals surface area contributed by atoms with Gasteiger partial charge in [0.1, 0.15) is 18.1 Å². The molecular weight excluding hydrogens is 520 g/mol. The SMILES string of the molecule is O=C(COc1ccc(C2SCCS2)cc1)N/N=C\c1ccc(OCc2ccc(Br)cc2)cc1. The van der Waals surface area contributed by atoms with E-state index in [0.29, 0.717) is 16.9 Å². The van der Waals surface area contributed by atoms with Crippen molar-refractivity contribution in [3.8, 4) is 11.5 Å². The molecule has 1 saturated heterocycles. The van der Waals surface area contributed by atoms with Crippen molar-refractivity contribution in [3.05, 3.63) is 94.0 Å². The van der Waals surface area contributed by atoms with E-state index in [1.165, 1.54) is 17.1 Å². The summed E-state index contributed by atoms with van der Waals surface area (Å²) in [5.74, 6) is 3.51. The molecule has 0 atom stereocenters. The van der Waals surface area contributed by atoms with Crippen molar-refractivity contribution in [2.45, 2.75) is 11.2 Å². The Hall–Kier alpha value is -2.42. The first-order valence-electron chi connectivity index (χ1n) is 10.4. The Morgan fingerprint density at radius 1 is 0.939 bits per heavy atom. The highest BCUT2D eigenvalue weighted by atomic mass is 79.9. The molecule has 1 aliphatic heterocycles. The van der Waals surface area contributed by atoms with Crippen LogP contribution in [0.2, 0.25) is 0 Å². The number of carbonyl (C=O) groups excluding carboxylic acids is 1. The van der Waals surface area contributed by atoms with Crippen LogP contribution in [0.4, 0.5) is 0 Å². The van der Waals surface area contributed by atoms with Gasteiger partial charge in [-0.15, -0.1) is 23.5 Å². The van der Waals surface area contributed by atoms with Crippen molar-refractivity contribution in [2.24, 2.45) is 5.10 Å². The first-order chi connectivity index (χ1) is 16.2. The molecule has 1 aliphatic rings. The van der Waals surface area contributed by atoms with Gasteiger partial charge in [0.2, 0.25) is 0 Å². The lowest BCUT2D eigenvalue weighted by molar-refractivity contribution is -0.123. The van der Waals surface area contributed by atoms with Crippen LogP contribution in [-0.2, 0) is 11.4 Å². The Morgan fingerprint density at radius 3 is 2.27 bits per heavy atom. The molecule has 4 rings (SSSR count). The van der Waals surface area contributed by atoms with E-state index in [2.05, 4.69) is 38.6 Å². The van der Waals surface area contributed by atoms with E-state index in [4.69, 9.17) is 9.47 Å². The topological polar surface area (TPSA) is 59.9 Å². The maximum absolute atomic E-state index is 12.0. The number of ether oxygens (including phenoxy) is 2. The summed E-state index contributed by atoms with van der Waals surface area (Å²) in [5, 5.41) is 4.00. The molecule has 0 aromatic heterocycles. The quantitative estimate of drug-likeness (QED) is 0.264. The van der Waals surface area contributed by atoms with Crippen molar-refractivity contribution < 1.29 is 14.3 Å². The molecule has 170 valence electrons. The minimum absolute atomic E-state index is 0.0908. The summed E-state index contributed by atoms with van der Waals surface area (Å²) >= 11 is 7.35. The predicted molar refractivity (Wildman–Crippen MR) is 140 cm³/mol. The Morgan fingerprint density at radius 2 is 1.58 bits per heavy atom. The number of hydrazone groups is 1. The second kappa shape index (κ2) is 12.2. The average molecular weight is 544 g/mol. The van der Waals surface area contributed by atoms with Gasteiger partial charge in [0.15, 0.2) is 6.61 Å². The van der Waals surface area contributed by atoms with Gasteiger partial charge in [0.05, 0.1) is 10.8 Å². The van der Waals surface area contributed by atoms with E-state index in [9.17, 15) is 4.79 Å². The number of amides is 1. The van der Waals surface area contributed by atoms with Gasteiger partial charge >= 0.3 is 0 Å². The van der Waals surface area contributed by atoms with Crippen molar-refractivity contribution in [1.82, 2.24) is 5.43 Å². The fourth-order valence-electron chi connectivity index (χ4n) is 3.03. The summed E-state index contributed by atoms with van der Waals surface area (Å²) in [7, 11) is 0. The second-order valence-corrected chi connectivity index (χ2v) is 10.8. The summed E-state index contributed by atoms with van der Waals surface area (Å²) in [6, 6.07) is 23.5. The number of hydrogen-bond acceptors (Lipinski definition) is 6. The molecule has 1 N–H and O–H groups in total. The first kappa shape index (κ1) is 23.7. The fourth-order valence-corrected chi connectivity index (χ4v) is 6.15. The van der Waals surface area contributed by atoms with Crippen LogP contribution in [0.15, 0.2) is 82.4 Å². The zero-order valence-corrected chi connectivity index (χ0v) is 21.0. The standard InChI is InChI=1S/C25H23BrN2O3S2/c26-21-7-1-19(2-8-21)16-30-22-9-3-18(4-10-22)15-27-28-24(29)17-31-23-11-5-20(6-12-23)25-32-13-14-33-25/h1-12,15,25H,13-14,16-17H2,(H,28,29)/b27-15-. The van der Waals surface area contributed by atoms with Gasteiger partial charge in [-0.1, -0.05) is 40.2 Å². The van der Waals surface area contributed by atoms with E-state index in [1.807, 2.05) is 84.2 Å². The molecule has 1 fully saturated rings. The van der Waals surface area contributed by atoms with Crippen molar-refractivity contribution in [2.75, 3.05) is 18.1 Å². The lowest BCUT2D eigenvalue weighted by Gasteiger charge is -2.10. The number of halogens is 1. The third-order valence-corrected chi connectivity index (χ3v) is 8.38. The van der Waals surface area contributed by atoms with Crippen LogP contribution >= 0.6 is 39.5 Å². The van der Waals surface area contributed by atoms with Gasteiger partial charge in [0.25, 0.3) is 5.91 Å². The third kappa shape index (κ3) is 7.55. The lowest BCUT2D eigenvalue weighted by atomic mass is 10.2. The van der Waals surface area contributed by atoms with E-state index < -0.39 is 0 Å². The number of benzene rings is 3. The molecule has 3 aromatic carbocycles. The van der Waals surface area contributed by atoms with Crippen molar-refractivity contribution in [3.63, 3.8) is 0 Å². The molecule has 0 aliphatic carbocycles. The fraction of sp³-hybridized carbons (Fsp3) is 0.200. The Labute approximate surface area is 210 Å². The molecule has 33 heavy (non-hydrogen) atoms. The van der Waals surface area contributed by atoms with E-state index in [0.717, 1.165) is 21.3 Å². The van der Waals surface area contributed by atoms with Gasteiger partial charge in [-0.3, -0.25) is 4.79 Å². The normalized spacial score (nSPS) is 13.8. The van der Waals surface area contributed by atoms with Crippen LogP contribution in [0.25, 0.3) is 0 Å². The van der Waals surface area contributed by atoms with E-state index in [1.54, 1.807) is 6.21 Å². The zero-order chi connectivity index (χ0) is 22.9. The maximum atomic E-state index is 12.0. The van der Waals surface area contributed by atoms with Crippen LogP contribution in [0, 0.1) is 0 Å². The van der Waals surface area contributed by atoms with Gasteiger partial charge < -0.3 is 9.47 Å². The molecule has 5 nitrogen and oxygen atoms in total. The summed E-state index contributed by atoms with van der Waals surface area (Å²) in [5.41, 5.74) is 5.72. The second-order valence-electron chi connectivity index (χ2n) is 7.21. The van der Waals surface area contributed by atoms with E-state index >= 15 is 0 Å². The molecule has 8 heteroatoms. The number of thioether (sulfide) groups is 2. The van der Waals surface area contributed by atoms with Crippen LogP contribution in [0.3, 0.4) is 0 Å². The Kier molecular flexibility index (Phi) is 8.74. The number of carbonyl (C=O) groups is 1. The summed E-state index contributed by atoms with van der Waals surface area (Å²) < 4.78 is 12.9. The van der Waals surface area contributed by atoms with Crippen LogP contribution in [0.5, 0.6) is 11.5 Å². The van der Waals surface area contributed by atoms with Crippen LogP contribution in [0.1, 0.15) is 21.3 Å². The zero-order valence-electron chi connectivity index (χ0n) is 17.8. The van der Waals surface area contributed by atoms with Gasteiger partial charge in [-0.2, -0.15) is 5.10 Å². The number of rotatable bonds is 9. The Balaban J connectivity index is 1.17. The molecule has 0 unspecified atom stereocenters. The highest BCUT2D eigenvalue weighted by molar-refractivity contribution is 9.10. The first-order valence-corrected chi connectivity index (χ1v) is 13.3. The van der Waals surface area contributed by atoms with Crippen LogP contribution in [-0.4, -0.2) is 30.2 Å². The molecule has 0 radical (unpaired) electrons. The molecule has 1 amide bonds. The highest BCUT2D eigenvalue weighted by Gasteiger charge is 2.17. The van der Waals surface area contributed by atoms with E-state index in [-0.39, 0.29) is 12.5 Å². The Bertz CT molecular complexity index is 1070. The van der Waals surface area contributed by atoms with Gasteiger partial charge in [-0.25, -0.2) is 5.43 Å². The highest BCUT2D eigenvalue weighted by Crippen LogP contribution is 2.45. The number of nitrogens with one attached hydrogen (secondary N) is 1. The van der Waals surface area contributed by atoms with Crippen LogP contribution < -0.4 is 14.9 Å². The maximum Gasteiger partial charge on any atom is 0.277 e. The summed E-state index contributed by atoms with van der Waals surface area (Å²) in [6.07, 6.45) is 1.59. The molecule has 0 spiro atoms. The molecular formula is C25H23BrN2O3S2.